The smallest absolute Gasteiger partial charge is 0.278 e. The van der Waals surface area contributed by atoms with Crippen molar-refractivity contribution in [1.82, 2.24) is 4.98 Å². The molecule has 0 amide bonds. The van der Waals surface area contributed by atoms with Gasteiger partial charge in [0.25, 0.3) is 5.69 Å². The Morgan fingerprint density at radius 3 is 2.56 bits per heavy atom. The summed E-state index contributed by atoms with van der Waals surface area (Å²) in [7, 11) is 0. The van der Waals surface area contributed by atoms with E-state index in [0.717, 1.165) is 12.1 Å². The standard InChI is InChI=1S/C13H21N3O2/c1-5-13(4,8-14)6-11-10(3)12(16(17)18)9(2)7-15-11/h7H,5-6,8,14H2,1-4H3. The highest BCUT2D eigenvalue weighted by atomic mass is 16.6. The Bertz CT molecular complexity index is 454. The first-order valence-electron chi connectivity index (χ1n) is 6.14. The minimum Gasteiger partial charge on any atom is -0.330 e. The molecule has 1 aromatic heterocycles. The Labute approximate surface area is 108 Å². The largest absolute Gasteiger partial charge is 0.330 e. The third-order valence-electron chi connectivity index (χ3n) is 3.70. The maximum atomic E-state index is 11.1. The van der Waals surface area contributed by atoms with E-state index in [1.54, 1.807) is 20.0 Å². The second kappa shape index (κ2) is 5.44. The normalized spacial score (nSPS) is 14.3. The van der Waals surface area contributed by atoms with Gasteiger partial charge in [0.1, 0.15) is 0 Å². The molecule has 0 aliphatic heterocycles. The zero-order valence-corrected chi connectivity index (χ0v) is 11.5. The number of hydrogen-bond acceptors (Lipinski definition) is 4. The number of pyridine rings is 1. The molecule has 1 heterocycles. The molecule has 5 nitrogen and oxygen atoms in total. The van der Waals surface area contributed by atoms with Crippen molar-refractivity contribution < 1.29 is 4.92 Å². The van der Waals surface area contributed by atoms with Crippen molar-refractivity contribution in [2.24, 2.45) is 11.1 Å². The summed E-state index contributed by atoms with van der Waals surface area (Å²) in [6.45, 7) is 8.18. The minimum absolute atomic E-state index is 0.0547. The molecule has 0 aliphatic rings. The van der Waals surface area contributed by atoms with Gasteiger partial charge in [-0.05, 0) is 38.6 Å². The lowest BCUT2D eigenvalue weighted by molar-refractivity contribution is -0.386. The van der Waals surface area contributed by atoms with Crippen LogP contribution in [0.25, 0.3) is 0 Å². The van der Waals surface area contributed by atoms with Gasteiger partial charge in [0, 0.05) is 17.3 Å². The molecule has 0 saturated carbocycles. The van der Waals surface area contributed by atoms with Crippen molar-refractivity contribution in [2.45, 2.75) is 40.5 Å². The van der Waals surface area contributed by atoms with Gasteiger partial charge in [0.05, 0.1) is 10.6 Å². The fourth-order valence-corrected chi connectivity index (χ4v) is 1.97. The number of nitro groups is 1. The van der Waals surface area contributed by atoms with Crippen LogP contribution in [0.2, 0.25) is 0 Å². The lowest BCUT2D eigenvalue weighted by Gasteiger charge is -2.26. The summed E-state index contributed by atoms with van der Waals surface area (Å²) in [6.07, 6.45) is 3.17. The van der Waals surface area contributed by atoms with Crippen LogP contribution in [-0.4, -0.2) is 16.5 Å². The van der Waals surface area contributed by atoms with Crippen LogP contribution in [0.1, 0.15) is 37.1 Å². The topological polar surface area (TPSA) is 82.0 Å². The van der Waals surface area contributed by atoms with E-state index in [-0.39, 0.29) is 16.0 Å². The van der Waals surface area contributed by atoms with Gasteiger partial charge in [-0.1, -0.05) is 13.8 Å². The fraction of sp³-hybridized carbons (Fsp3) is 0.615. The molecule has 100 valence electrons. The van der Waals surface area contributed by atoms with Crippen LogP contribution in [-0.2, 0) is 6.42 Å². The highest BCUT2D eigenvalue weighted by Gasteiger charge is 2.26. The second-order valence-corrected chi connectivity index (χ2v) is 5.16. The van der Waals surface area contributed by atoms with Crippen LogP contribution >= 0.6 is 0 Å². The number of nitrogens with zero attached hydrogens (tertiary/aromatic N) is 2. The van der Waals surface area contributed by atoms with E-state index in [9.17, 15) is 10.1 Å². The Hall–Kier alpha value is -1.49. The minimum atomic E-state index is -0.332. The van der Waals surface area contributed by atoms with Crippen molar-refractivity contribution in [3.05, 3.63) is 33.1 Å². The maximum absolute atomic E-state index is 11.1. The number of aromatic nitrogens is 1. The van der Waals surface area contributed by atoms with Gasteiger partial charge in [-0.3, -0.25) is 15.1 Å². The lowest BCUT2D eigenvalue weighted by atomic mass is 9.82. The molecule has 0 aromatic carbocycles. The highest BCUT2D eigenvalue weighted by Crippen LogP contribution is 2.30. The molecular formula is C13H21N3O2. The zero-order valence-electron chi connectivity index (χ0n) is 11.5. The Morgan fingerprint density at radius 1 is 1.50 bits per heavy atom. The molecule has 0 aliphatic carbocycles. The third-order valence-corrected chi connectivity index (χ3v) is 3.70. The van der Waals surface area contributed by atoms with Crippen LogP contribution in [0.5, 0.6) is 0 Å². The number of aryl methyl sites for hydroxylation is 1. The van der Waals surface area contributed by atoms with Crippen LogP contribution in [0, 0.1) is 29.4 Å². The molecule has 0 radical (unpaired) electrons. The van der Waals surface area contributed by atoms with E-state index in [1.165, 1.54) is 0 Å². The number of nitrogens with two attached hydrogens (primary N) is 1. The first kappa shape index (κ1) is 14.6. The summed E-state index contributed by atoms with van der Waals surface area (Å²) in [5.74, 6) is 0. The summed E-state index contributed by atoms with van der Waals surface area (Å²) < 4.78 is 0. The van der Waals surface area contributed by atoms with Gasteiger partial charge >= 0.3 is 0 Å². The summed E-state index contributed by atoms with van der Waals surface area (Å²) in [4.78, 5) is 15.1. The average Bonchev–Trinajstić information content (AvgIpc) is 2.32. The molecule has 18 heavy (non-hydrogen) atoms. The van der Waals surface area contributed by atoms with Crippen molar-refractivity contribution >= 4 is 5.69 Å². The maximum Gasteiger partial charge on any atom is 0.278 e. The van der Waals surface area contributed by atoms with Crippen molar-refractivity contribution in [2.75, 3.05) is 6.54 Å². The number of rotatable bonds is 5. The average molecular weight is 251 g/mol. The van der Waals surface area contributed by atoms with Crippen molar-refractivity contribution in [1.29, 1.82) is 0 Å². The van der Waals surface area contributed by atoms with Crippen LogP contribution in [0.4, 0.5) is 5.69 Å². The predicted octanol–water partition coefficient (Wildman–Crippen LogP) is 2.52. The lowest BCUT2D eigenvalue weighted by Crippen LogP contribution is -2.29. The third kappa shape index (κ3) is 2.85. The van der Waals surface area contributed by atoms with Crippen molar-refractivity contribution in [3.63, 3.8) is 0 Å². The monoisotopic (exact) mass is 251 g/mol. The quantitative estimate of drug-likeness (QED) is 0.644. The Balaban J connectivity index is 3.20. The SMILES string of the molecule is CCC(C)(CN)Cc1ncc(C)c([N+](=O)[O-])c1C. The summed E-state index contributed by atoms with van der Waals surface area (Å²) in [6, 6.07) is 0. The number of hydrogen-bond donors (Lipinski definition) is 1. The van der Waals surface area contributed by atoms with E-state index in [0.29, 0.717) is 24.1 Å². The second-order valence-electron chi connectivity index (χ2n) is 5.16. The fourth-order valence-electron chi connectivity index (χ4n) is 1.97. The van der Waals surface area contributed by atoms with Gasteiger partial charge in [0.2, 0.25) is 0 Å². The first-order valence-corrected chi connectivity index (χ1v) is 6.14. The highest BCUT2D eigenvalue weighted by molar-refractivity contribution is 5.47. The molecule has 1 unspecified atom stereocenters. The predicted molar refractivity (Wildman–Crippen MR) is 71.5 cm³/mol. The molecule has 1 aromatic rings. The van der Waals surface area contributed by atoms with Crippen LogP contribution in [0.15, 0.2) is 6.20 Å². The van der Waals surface area contributed by atoms with Gasteiger partial charge in [-0.2, -0.15) is 0 Å². The molecule has 1 atom stereocenters. The Morgan fingerprint density at radius 2 is 2.11 bits per heavy atom. The Kier molecular flexibility index (Phi) is 4.40. The van der Waals surface area contributed by atoms with Gasteiger partial charge in [-0.15, -0.1) is 0 Å². The molecular weight excluding hydrogens is 230 g/mol. The van der Waals surface area contributed by atoms with Crippen LogP contribution < -0.4 is 5.73 Å². The summed E-state index contributed by atoms with van der Waals surface area (Å²) >= 11 is 0. The van der Waals surface area contributed by atoms with E-state index < -0.39 is 0 Å². The molecule has 1 rings (SSSR count). The van der Waals surface area contributed by atoms with Gasteiger partial charge < -0.3 is 5.73 Å². The summed E-state index contributed by atoms with van der Waals surface area (Å²) in [5.41, 5.74) is 7.95. The zero-order chi connectivity index (χ0) is 13.9. The molecule has 2 N–H and O–H groups in total. The molecule has 0 spiro atoms. The van der Waals surface area contributed by atoms with Gasteiger partial charge in [0.15, 0.2) is 0 Å². The molecule has 0 saturated heterocycles. The van der Waals surface area contributed by atoms with Crippen LogP contribution in [0.3, 0.4) is 0 Å². The van der Waals surface area contributed by atoms with E-state index in [1.807, 2.05) is 0 Å². The van der Waals surface area contributed by atoms with E-state index in [4.69, 9.17) is 5.73 Å². The van der Waals surface area contributed by atoms with E-state index >= 15 is 0 Å². The first-order chi connectivity index (χ1) is 8.34. The van der Waals surface area contributed by atoms with Gasteiger partial charge in [-0.25, -0.2) is 0 Å². The molecule has 5 heteroatoms. The summed E-state index contributed by atoms with van der Waals surface area (Å²) in [5, 5.41) is 11.1. The molecule has 0 bridgehead atoms. The van der Waals surface area contributed by atoms with Crippen molar-refractivity contribution in [3.8, 4) is 0 Å². The molecule has 0 fully saturated rings. The van der Waals surface area contributed by atoms with E-state index in [2.05, 4.69) is 18.8 Å².